The molecule has 2 saturated carbocycles. The summed E-state index contributed by atoms with van der Waals surface area (Å²) in [6.45, 7) is 0.668. The van der Waals surface area contributed by atoms with Crippen LogP contribution in [0.5, 0.6) is 0 Å². The smallest absolute Gasteiger partial charge is 0.293 e. The SMILES string of the molecule is O=COC(C1CCCC1)C1CCCC1. The molecule has 2 fully saturated rings. The van der Waals surface area contributed by atoms with Gasteiger partial charge in [0.15, 0.2) is 0 Å². The molecule has 2 rings (SSSR count). The van der Waals surface area contributed by atoms with E-state index in [2.05, 4.69) is 0 Å². The van der Waals surface area contributed by atoms with Crippen LogP contribution in [-0.2, 0) is 9.53 Å². The fourth-order valence-electron chi connectivity index (χ4n) is 3.24. The predicted molar refractivity (Wildman–Crippen MR) is 54.9 cm³/mol. The molecule has 0 heterocycles. The Labute approximate surface area is 86.0 Å². The highest BCUT2D eigenvalue weighted by molar-refractivity contribution is 5.37. The molecule has 80 valence electrons. The van der Waals surface area contributed by atoms with Crippen LogP contribution in [-0.4, -0.2) is 12.6 Å². The maximum Gasteiger partial charge on any atom is 0.293 e. The van der Waals surface area contributed by atoms with Crippen molar-refractivity contribution in [3.8, 4) is 0 Å². The first-order valence-corrected chi connectivity index (χ1v) is 6.01. The lowest BCUT2D eigenvalue weighted by Gasteiger charge is -2.27. The van der Waals surface area contributed by atoms with Gasteiger partial charge in [0.1, 0.15) is 6.10 Å². The third-order valence-corrected chi connectivity index (χ3v) is 3.94. The maximum absolute atomic E-state index is 10.5. The van der Waals surface area contributed by atoms with Crippen molar-refractivity contribution in [3.05, 3.63) is 0 Å². The number of hydrogen-bond acceptors (Lipinski definition) is 2. The summed E-state index contributed by atoms with van der Waals surface area (Å²) in [4.78, 5) is 10.5. The van der Waals surface area contributed by atoms with Crippen LogP contribution in [0.4, 0.5) is 0 Å². The van der Waals surface area contributed by atoms with Gasteiger partial charge in [-0.15, -0.1) is 0 Å². The fraction of sp³-hybridized carbons (Fsp3) is 0.917. The Balaban J connectivity index is 1.94. The van der Waals surface area contributed by atoms with Gasteiger partial charge in [-0.05, 0) is 37.5 Å². The standard InChI is InChI=1S/C12H20O2/c13-9-14-12(10-5-1-2-6-10)11-7-3-4-8-11/h9-12H,1-8H2. The first kappa shape index (κ1) is 10.0. The lowest BCUT2D eigenvalue weighted by atomic mass is 9.88. The van der Waals surface area contributed by atoms with E-state index in [1.54, 1.807) is 0 Å². The van der Waals surface area contributed by atoms with Gasteiger partial charge in [0.2, 0.25) is 0 Å². The second-order valence-electron chi connectivity index (χ2n) is 4.79. The monoisotopic (exact) mass is 196 g/mol. The van der Waals surface area contributed by atoms with E-state index in [0.717, 1.165) is 0 Å². The predicted octanol–water partition coefficient (Wildman–Crippen LogP) is 2.91. The molecule has 2 heteroatoms. The zero-order valence-electron chi connectivity index (χ0n) is 8.78. The van der Waals surface area contributed by atoms with Gasteiger partial charge in [0, 0.05) is 0 Å². The number of rotatable bonds is 4. The molecule has 0 amide bonds. The minimum atomic E-state index is 0.248. The van der Waals surface area contributed by atoms with Crippen LogP contribution in [0.3, 0.4) is 0 Å². The highest BCUT2D eigenvalue weighted by Gasteiger charge is 2.34. The van der Waals surface area contributed by atoms with Crippen molar-refractivity contribution in [2.75, 3.05) is 0 Å². The summed E-state index contributed by atoms with van der Waals surface area (Å²) in [5, 5.41) is 0. The van der Waals surface area contributed by atoms with Crippen LogP contribution in [0.15, 0.2) is 0 Å². The minimum absolute atomic E-state index is 0.248. The molecule has 0 saturated heterocycles. The summed E-state index contributed by atoms with van der Waals surface area (Å²) in [5.74, 6) is 1.34. The van der Waals surface area contributed by atoms with Gasteiger partial charge in [-0.2, -0.15) is 0 Å². The number of carbonyl (C=O) groups is 1. The maximum atomic E-state index is 10.5. The molecule has 0 aromatic rings. The Kier molecular flexibility index (Phi) is 3.44. The van der Waals surface area contributed by atoms with Gasteiger partial charge in [-0.3, -0.25) is 4.79 Å². The van der Waals surface area contributed by atoms with Gasteiger partial charge in [0.05, 0.1) is 0 Å². The highest BCUT2D eigenvalue weighted by atomic mass is 16.5. The molecule has 0 N–H and O–H groups in total. The molecule has 2 nitrogen and oxygen atoms in total. The van der Waals surface area contributed by atoms with E-state index in [0.29, 0.717) is 18.3 Å². The van der Waals surface area contributed by atoms with Crippen LogP contribution in [0.1, 0.15) is 51.4 Å². The minimum Gasteiger partial charge on any atom is -0.464 e. The summed E-state index contributed by atoms with van der Waals surface area (Å²) in [7, 11) is 0. The first-order valence-electron chi connectivity index (χ1n) is 6.01. The zero-order valence-corrected chi connectivity index (χ0v) is 8.78. The topological polar surface area (TPSA) is 26.3 Å². The van der Waals surface area contributed by atoms with Gasteiger partial charge in [0.25, 0.3) is 6.47 Å². The lowest BCUT2D eigenvalue weighted by Crippen LogP contribution is -2.29. The lowest BCUT2D eigenvalue weighted by molar-refractivity contribution is -0.139. The van der Waals surface area contributed by atoms with Crippen molar-refractivity contribution in [1.29, 1.82) is 0 Å². The Morgan fingerprint density at radius 3 is 1.71 bits per heavy atom. The third-order valence-electron chi connectivity index (χ3n) is 3.94. The van der Waals surface area contributed by atoms with Crippen molar-refractivity contribution in [2.24, 2.45) is 11.8 Å². The Morgan fingerprint density at radius 2 is 1.36 bits per heavy atom. The molecule has 0 aliphatic heterocycles. The number of carbonyl (C=O) groups excluding carboxylic acids is 1. The van der Waals surface area contributed by atoms with Crippen molar-refractivity contribution in [3.63, 3.8) is 0 Å². The quantitative estimate of drug-likeness (QED) is 0.646. The van der Waals surface area contributed by atoms with E-state index in [-0.39, 0.29) is 6.10 Å². The molecule has 0 atom stereocenters. The number of hydrogen-bond donors (Lipinski definition) is 0. The second-order valence-corrected chi connectivity index (χ2v) is 4.79. The van der Waals surface area contributed by atoms with E-state index in [9.17, 15) is 4.79 Å². The molecule has 2 aliphatic rings. The molecule has 2 aliphatic carbocycles. The van der Waals surface area contributed by atoms with Crippen LogP contribution in [0.2, 0.25) is 0 Å². The van der Waals surface area contributed by atoms with E-state index in [4.69, 9.17) is 4.74 Å². The molecule has 0 radical (unpaired) electrons. The highest BCUT2D eigenvalue weighted by Crippen LogP contribution is 2.38. The molecule has 0 bridgehead atoms. The van der Waals surface area contributed by atoms with Gasteiger partial charge in [-0.1, -0.05) is 25.7 Å². The Morgan fingerprint density at radius 1 is 0.929 bits per heavy atom. The summed E-state index contributed by atoms with van der Waals surface area (Å²) in [6, 6.07) is 0. The van der Waals surface area contributed by atoms with Gasteiger partial charge < -0.3 is 4.74 Å². The van der Waals surface area contributed by atoms with E-state index in [1.807, 2.05) is 0 Å². The zero-order chi connectivity index (χ0) is 9.80. The molecule has 0 aromatic carbocycles. The largest absolute Gasteiger partial charge is 0.464 e. The molecule has 14 heavy (non-hydrogen) atoms. The summed E-state index contributed by atoms with van der Waals surface area (Å²) < 4.78 is 5.33. The Bertz CT molecular complexity index is 163. The van der Waals surface area contributed by atoms with E-state index in [1.165, 1.54) is 51.4 Å². The first-order chi connectivity index (χ1) is 6.92. The molecular formula is C12H20O2. The van der Waals surface area contributed by atoms with Gasteiger partial charge in [-0.25, -0.2) is 0 Å². The third kappa shape index (κ3) is 2.10. The van der Waals surface area contributed by atoms with E-state index >= 15 is 0 Å². The van der Waals surface area contributed by atoms with Crippen molar-refractivity contribution in [2.45, 2.75) is 57.5 Å². The summed E-state index contributed by atoms with van der Waals surface area (Å²) >= 11 is 0. The van der Waals surface area contributed by atoms with Crippen LogP contribution in [0, 0.1) is 11.8 Å². The number of ether oxygens (including phenoxy) is 1. The Hall–Kier alpha value is -0.530. The second kappa shape index (κ2) is 4.81. The van der Waals surface area contributed by atoms with Crippen molar-refractivity contribution >= 4 is 6.47 Å². The average molecular weight is 196 g/mol. The fourth-order valence-corrected chi connectivity index (χ4v) is 3.24. The molecule has 0 unspecified atom stereocenters. The van der Waals surface area contributed by atoms with Gasteiger partial charge >= 0.3 is 0 Å². The normalized spacial score (nSPS) is 24.6. The molecular weight excluding hydrogens is 176 g/mol. The summed E-state index contributed by atoms with van der Waals surface area (Å²) in [5.41, 5.74) is 0. The summed E-state index contributed by atoms with van der Waals surface area (Å²) in [6.07, 6.45) is 10.7. The molecule has 0 aromatic heterocycles. The average Bonchev–Trinajstić information content (AvgIpc) is 2.87. The van der Waals surface area contributed by atoms with Crippen molar-refractivity contribution < 1.29 is 9.53 Å². The van der Waals surface area contributed by atoms with Crippen molar-refractivity contribution in [1.82, 2.24) is 0 Å². The van der Waals surface area contributed by atoms with Crippen LogP contribution in [0.25, 0.3) is 0 Å². The van der Waals surface area contributed by atoms with Crippen LogP contribution < -0.4 is 0 Å². The van der Waals surface area contributed by atoms with Crippen LogP contribution >= 0.6 is 0 Å². The van der Waals surface area contributed by atoms with E-state index < -0.39 is 0 Å². The molecule has 0 spiro atoms.